The first-order chi connectivity index (χ1) is 8.61. The first-order valence-electron chi connectivity index (χ1n) is 5.25. The van der Waals surface area contributed by atoms with E-state index in [9.17, 15) is 0 Å². The van der Waals surface area contributed by atoms with E-state index in [0.29, 0.717) is 33.4 Å². The Morgan fingerprint density at radius 2 is 2.17 bits per heavy atom. The molecule has 18 heavy (non-hydrogen) atoms. The summed E-state index contributed by atoms with van der Waals surface area (Å²) in [6, 6.07) is 3.83. The van der Waals surface area contributed by atoms with Gasteiger partial charge in [0, 0.05) is 13.3 Å². The molecule has 0 radical (unpaired) electrons. The molecule has 0 unspecified atom stereocenters. The van der Waals surface area contributed by atoms with Gasteiger partial charge in [-0.1, -0.05) is 11.6 Å². The number of aryl methyl sites for hydroxylation is 1. The van der Waals surface area contributed by atoms with Crippen molar-refractivity contribution in [1.29, 1.82) is 0 Å². The maximum absolute atomic E-state index is 6.06. The van der Waals surface area contributed by atoms with Crippen molar-refractivity contribution in [2.45, 2.75) is 13.5 Å². The fraction of sp³-hybridized carbons (Fsp3) is 0.250. The van der Waals surface area contributed by atoms with Crippen LogP contribution in [-0.4, -0.2) is 22.1 Å². The molecular formula is C12H11BrClN3O. The second-order valence-electron chi connectivity index (χ2n) is 3.75. The highest BCUT2D eigenvalue weighted by molar-refractivity contribution is 9.10. The minimum atomic E-state index is 0.357. The molecule has 2 aromatic rings. The van der Waals surface area contributed by atoms with Gasteiger partial charge in [0.05, 0.1) is 16.8 Å². The Morgan fingerprint density at radius 3 is 2.83 bits per heavy atom. The molecule has 0 fully saturated rings. The lowest BCUT2D eigenvalue weighted by Gasteiger charge is -2.07. The third-order valence-corrected chi connectivity index (χ3v) is 3.64. The number of hydrogen-bond acceptors (Lipinski definition) is 4. The fourth-order valence-electron chi connectivity index (χ4n) is 1.47. The third-order valence-electron chi connectivity index (χ3n) is 2.30. The molecule has 2 aromatic heterocycles. The van der Waals surface area contributed by atoms with Crippen molar-refractivity contribution in [2.24, 2.45) is 0 Å². The molecule has 0 aromatic carbocycles. The summed E-state index contributed by atoms with van der Waals surface area (Å²) in [5, 5.41) is 0.357. The van der Waals surface area contributed by atoms with Crippen molar-refractivity contribution < 1.29 is 4.74 Å². The number of aromatic nitrogens is 3. The van der Waals surface area contributed by atoms with Gasteiger partial charge in [0.25, 0.3) is 0 Å². The summed E-state index contributed by atoms with van der Waals surface area (Å²) in [4.78, 5) is 12.9. The van der Waals surface area contributed by atoms with Gasteiger partial charge in [-0.2, -0.15) is 0 Å². The molecule has 0 spiro atoms. The largest absolute Gasteiger partial charge is 0.378 e. The normalized spacial score (nSPS) is 10.7. The Bertz CT molecular complexity index is 577. The number of rotatable bonds is 3. The van der Waals surface area contributed by atoms with E-state index in [1.807, 2.05) is 19.1 Å². The van der Waals surface area contributed by atoms with Gasteiger partial charge in [-0.15, -0.1) is 0 Å². The van der Waals surface area contributed by atoms with Crippen LogP contribution < -0.4 is 0 Å². The summed E-state index contributed by atoms with van der Waals surface area (Å²) in [5.41, 5.74) is 2.49. The number of ether oxygens (including phenoxy) is 1. The number of nitrogens with zero attached hydrogens (tertiary/aromatic N) is 3. The minimum absolute atomic E-state index is 0.357. The van der Waals surface area contributed by atoms with Gasteiger partial charge in [0.2, 0.25) is 0 Å². The van der Waals surface area contributed by atoms with E-state index in [1.165, 1.54) is 0 Å². The summed E-state index contributed by atoms with van der Waals surface area (Å²) in [7, 11) is 1.60. The maximum atomic E-state index is 6.06. The molecule has 6 heteroatoms. The molecule has 0 aliphatic heterocycles. The molecule has 0 saturated carbocycles. The van der Waals surface area contributed by atoms with E-state index < -0.39 is 0 Å². The van der Waals surface area contributed by atoms with Crippen LogP contribution in [-0.2, 0) is 11.3 Å². The van der Waals surface area contributed by atoms with Crippen LogP contribution in [0.25, 0.3) is 11.5 Å². The van der Waals surface area contributed by atoms with Gasteiger partial charge >= 0.3 is 0 Å². The molecule has 0 N–H and O–H groups in total. The molecule has 94 valence electrons. The summed E-state index contributed by atoms with van der Waals surface area (Å²) >= 11 is 9.41. The van der Waals surface area contributed by atoms with Crippen LogP contribution in [0.1, 0.15) is 11.3 Å². The molecule has 2 rings (SSSR count). The minimum Gasteiger partial charge on any atom is -0.378 e. The Kier molecular flexibility index (Phi) is 4.27. The van der Waals surface area contributed by atoms with E-state index in [4.69, 9.17) is 16.3 Å². The molecule has 0 saturated heterocycles. The quantitative estimate of drug-likeness (QED) is 0.810. The molecule has 0 aliphatic carbocycles. The summed E-state index contributed by atoms with van der Waals surface area (Å²) in [6.07, 6.45) is 1.72. The van der Waals surface area contributed by atoms with Gasteiger partial charge in [-0.05, 0) is 40.5 Å². The van der Waals surface area contributed by atoms with Crippen LogP contribution in [0.4, 0.5) is 0 Å². The lowest BCUT2D eigenvalue weighted by molar-refractivity contribution is 0.181. The lowest BCUT2D eigenvalue weighted by atomic mass is 10.2. The van der Waals surface area contributed by atoms with Crippen LogP contribution in [0.2, 0.25) is 5.15 Å². The van der Waals surface area contributed by atoms with E-state index in [1.54, 1.807) is 13.3 Å². The Morgan fingerprint density at radius 1 is 1.39 bits per heavy atom. The van der Waals surface area contributed by atoms with Crippen LogP contribution in [0.3, 0.4) is 0 Å². The monoisotopic (exact) mass is 327 g/mol. The topological polar surface area (TPSA) is 47.9 Å². The standard InChI is InChI=1S/C12H11BrClN3O/c1-7-3-4-15-8(5-7)12-16-9(6-18-2)10(13)11(14)17-12/h3-5H,6H2,1-2H3. The van der Waals surface area contributed by atoms with Crippen molar-refractivity contribution in [3.8, 4) is 11.5 Å². The SMILES string of the molecule is COCc1nc(-c2cc(C)ccn2)nc(Cl)c1Br. The number of halogens is 2. The van der Waals surface area contributed by atoms with Crippen molar-refractivity contribution >= 4 is 27.5 Å². The zero-order chi connectivity index (χ0) is 13.1. The molecule has 0 aliphatic rings. The van der Waals surface area contributed by atoms with E-state index in [-0.39, 0.29) is 0 Å². The van der Waals surface area contributed by atoms with Crippen molar-refractivity contribution in [3.05, 3.63) is 39.2 Å². The van der Waals surface area contributed by atoms with Gasteiger partial charge in [-0.3, -0.25) is 4.98 Å². The second-order valence-corrected chi connectivity index (χ2v) is 4.90. The zero-order valence-corrected chi connectivity index (χ0v) is 12.3. The van der Waals surface area contributed by atoms with Crippen LogP contribution in [0, 0.1) is 6.92 Å². The van der Waals surface area contributed by atoms with Gasteiger partial charge in [-0.25, -0.2) is 9.97 Å². The summed E-state index contributed by atoms with van der Waals surface area (Å²) in [6.45, 7) is 2.35. The first kappa shape index (κ1) is 13.4. The zero-order valence-electron chi connectivity index (χ0n) is 9.94. The Balaban J connectivity index is 2.51. The van der Waals surface area contributed by atoms with Gasteiger partial charge in [0.1, 0.15) is 10.8 Å². The number of pyridine rings is 1. The van der Waals surface area contributed by atoms with Crippen molar-refractivity contribution in [2.75, 3.05) is 7.11 Å². The Labute approximate surface area is 119 Å². The van der Waals surface area contributed by atoms with Gasteiger partial charge in [0.15, 0.2) is 5.82 Å². The molecule has 4 nitrogen and oxygen atoms in total. The smallest absolute Gasteiger partial charge is 0.179 e. The highest BCUT2D eigenvalue weighted by Crippen LogP contribution is 2.26. The van der Waals surface area contributed by atoms with E-state index in [2.05, 4.69) is 30.9 Å². The highest BCUT2D eigenvalue weighted by atomic mass is 79.9. The Hall–Kier alpha value is -1.04. The van der Waals surface area contributed by atoms with Gasteiger partial charge < -0.3 is 4.74 Å². The van der Waals surface area contributed by atoms with E-state index in [0.717, 1.165) is 5.56 Å². The van der Waals surface area contributed by atoms with Crippen LogP contribution in [0.5, 0.6) is 0 Å². The number of methoxy groups -OCH3 is 1. The summed E-state index contributed by atoms with van der Waals surface area (Å²) < 4.78 is 5.73. The molecule has 2 heterocycles. The molecule has 0 bridgehead atoms. The predicted octanol–water partition coefficient (Wildman–Crippen LogP) is 3.41. The lowest BCUT2D eigenvalue weighted by Crippen LogP contribution is -2.01. The average Bonchev–Trinajstić information content (AvgIpc) is 2.35. The van der Waals surface area contributed by atoms with Crippen LogP contribution in [0.15, 0.2) is 22.8 Å². The second kappa shape index (κ2) is 5.73. The predicted molar refractivity (Wildman–Crippen MR) is 73.4 cm³/mol. The fourth-order valence-corrected chi connectivity index (χ4v) is 1.95. The molecule has 0 atom stereocenters. The van der Waals surface area contributed by atoms with E-state index >= 15 is 0 Å². The molecule has 0 amide bonds. The third kappa shape index (κ3) is 2.85. The summed E-state index contributed by atoms with van der Waals surface area (Å²) in [5.74, 6) is 0.499. The number of hydrogen-bond donors (Lipinski definition) is 0. The average molecular weight is 329 g/mol. The highest BCUT2D eigenvalue weighted by Gasteiger charge is 2.12. The van der Waals surface area contributed by atoms with Crippen LogP contribution >= 0.6 is 27.5 Å². The first-order valence-corrected chi connectivity index (χ1v) is 6.42. The van der Waals surface area contributed by atoms with Crippen molar-refractivity contribution in [3.63, 3.8) is 0 Å². The maximum Gasteiger partial charge on any atom is 0.179 e. The molecular weight excluding hydrogens is 318 g/mol. The van der Waals surface area contributed by atoms with Crippen molar-refractivity contribution in [1.82, 2.24) is 15.0 Å².